The van der Waals surface area contributed by atoms with Gasteiger partial charge in [-0.1, -0.05) is 6.07 Å². The molecule has 0 aromatic carbocycles. The zero-order chi connectivity index (χ0) is 18.1. The van der Waals surface area contributed by atoms with Gasteiger partial charge in [-0.3, -0.25) is 4.79 Å². The second-order valence-corrected chi connectivity index (χ2v) is 7.10. The molecule has 1 N–H and O–H groups in total. The number of methoxy groups -OCH3 is 1. The van der Waals surface area contributed by atoms with Gasteiger partial charge in [-0.25, -0.2) is 9.97 Å². The minimum absolute atomic E-state index is 0.00827. The van der Waals surface area contributed by atoms with Gasteiger partial charge < -0.3 is 19.4 Å². The molecule has 0 radical (unpaired) electrons. The van der Waals surface area contributed by atoms with Gasteiger partial charge in [0, 0.05) is 32.3 Å². The number of fused-ring (bicyclic) bond motifs is 1. The molecule has 2 aromatic heterocycles. The first-order valence-electron chi connectivity index (χ1n) is 9.07. The number of hydrogen-bond acceptors (Lipinski definition) is 5. The zero-order valence-corrected chi connectivity index (χ0v) is 15.1. The third-order valence-electron chi connectivity index (χ3n) is 5.66. The second kappa shape index (κ2) is 6.72. The average molecular weight is 356 g/mol. The van der Waals surface area contributed by atoms with Gasteiger partial charge in [0.2, 0.25) is 5.88 Å². The molecule has 3 atom stereocenters. The first-order chi connectivity index (χ1) is 12.6. The largest absolute Gasteiger partial charge is 0.474 e. The molecule has 7 nitrogen and oxygen atoms in total. The van der Waals surface area contributed by atoms with Gasteiger partial charge >= 0.3 is 0 Å². The molecule has 4 rings (SSSR count). The van der Waals surface area contributed by atoms with E-state index in [2.05, 4.69) is 15.0 Å². The van der Waals surface area contributed by atoms with E-state index in [-0.39, 0.29) is 23.7 Å². The molecule has 1 aliphatic carbocycles. The maximum atomic E-state index is 13.0. The van der Waals surface area contributed by atoms with E-state index in [4.69, 9.17) is 9.47 Å². The van der Waals surface area contributed by atoms with Crippen LogP contribution in [0, 0.1) is 6.92 Å². The maximum absolute atomic E-state index is 13.0. The molecule has 1 saturated heterocycles. The molecule has 1 saturated carbocycles. The number of aryl methyl sites for hydroxylation is 1. The number of pyridine rings is 1. The molecule has 0 unspecified atom stereocenters. The molecule has 1 aliphatic heterocycles. The van der Waals surface area contributed by atoms with Gasteiger partial charge in [0.25, 0.3) is 5.91 Å². The van der Waals surface area contributed by atoms with E-state index in [1.54, 1.807) is 19.5 Å². The molecule has 3 heterocycles. The van der Waals surface area contributed by atoms with Crippen molar-refractivity contribution in [3.8, 4) is 5.88 Å². The lowest BCUT2D eigenvalue weighted by atomic mass is 9.79. The van der Waals surface area contributed by atoms with E-state index in [1.807, 2.05) is 30.0 Å². The summed E-state index contributed by atoms with van der Waals surface area (Å²) in [5, 5.41) is 0. The Balaban J connectivity index is 1.53. The summed E-state index contributed by atoms with van der Waals surface area (Å²) in [6, 6.07) is 5.64. The van der Waals surface area contributed by atoms with Gasteiger partial charge in [-0.05, 0) is 32.3 Å². The Hall–Kier alpha value is -2.41. The zero-order valence-electron chi connectivity index (χ0n) is 15.1. The Morgan fingerprint density at radius 2 is 2.23 bits per heavy atom. The Morgan fingerprint density at radius 1 is 1.35 bits per heavy atom. The number of rotatable bonds is 4. The van der Waals surface area contributed by atoms with Crippen molar-refractivity contribution in [1.82, 2.24) is 19.9 Å². The number of imidazole rings is 1. The minimum Gasteiger partial charge on any atom is -0.474 e. The third kappa shape index (κ3) is 2.96. The summed E-state index contributed by atoms with van der Waals surface area (Å²) in [5.74, 6) is 1.35. The van der Waals surface area contributed by atoms with Crippen LogP contribution in [-0.4, -0.2) is 57.2 Å². The van der Waals surface area contributed by atoms with E-state index in [1.165, 1.54) is 0 Å². The molecule has 138 valence electrons. The van der Waals surface area contributed by atoms with Crippen molar-refractivity contribution in [2.75, 3.05) is 13.7 Å². The van der Waals surface area contributed by atoms with Crippen LogP contribution in [0.1, 0.15) is 42.0 Å². The minimum atomic E-state index is -0.283. The summed E-state index contributed by atoms with van der Waals surface area (Å²) < 4.78 is 12.0. The van der Waals surface area contributed by atoms with E-state index in [0.717, 1.165) is 31.5 Å². The molecule has 2 aromatic rings. The van der Waals surface area contributed by atoms with Crippen LogP contribution in [0.3, 0.4) is 0 Å². The van der Waals surface area contributed by atoms with E-state index in [9.17, 15) is 4.79 Å². The number of carbonyl (C=O) groups excluding carboxylic acids is 1. The van der Waals surface area contributed by atoms with E-state index in [0.29, 0.717) is 18.1 Å². The number of nitrogens with zero attached hydrogens (tertiary/aromatic N) is 3. The Labute approximate surface area is 152 Å². The summed E-state index contributed by atoms with van der Waals surface area (Å²) in [6.07, 6.45) is 6.71. The average Bonchev–Trinajstić information content (AvgIpc) is 3.26. The van der Waals surface area contributed by atoms with Crippen molar-refractivity contribution in [2.24, 2.45) is 0 Å². The van der Waals surface area contributed by atoms with Gasteiger partial charge in [0.15, 0.2) is 0 Å². The molecular formula is C19H24N4O3. The predicted octanol–water partition coefficient (Wildman–Crippen LogP) is 2.34. The summed E-state index contributed by atoms with van der Waals surface area (Å²) in [4.78, 5) is 26.4. The quantitative estimate of drug-likeness (QED) is 0.909. The predicted molar refractivity (Wildman–Crippen MR) is 95.0 cm³/mol. The fourth-order valence-corrected chi connectivity index (χ4v) is 4.28. The second-order valence-electron chi connectivity index (χ2n) is 7.10. The molecule has 2 aliphatic rings. The molecule has 26 heavy (non-hydrogen) atoms. The van der Waals surface area contributed by atoms with E-state index >= 15 is 0 Å². The van der Waals surface area contributed by atoms with Crippen molar-refractivity contribution in [1.29, 1.82) is 0 Å². The molecule has 2 fully saturated rings. The SMILES string of the molecule is CO[C@@]12CC[C@H](Oc3ccccn3)C[C@@H]1N(C(=O)c1cnc(C)[nH]1)CC2. The number of likely N-dealkylation sites (tertiary alicyclic amines) is 1. The van der Waals surface area contributed by atoms with Crippen molar-refractivity contribution in [3.63, 3.8) is 0 Å². The third-order valence-corrected chi connectivity index (χ3v) is 5.66. The van der Waals surface area contributed by atoms with Gasteiger partial charge in [-0.2, -0.15) is 0 Å². The van der Waals surface area contributed by atoms with Crippen LogP contribution in [0.2, 0.25) is 0 Å². The first-order valence-corrected chi connectivity index (χ1v) is 9.07. The number of amides is 1. The molecule has 0 spiro atoms. The monoisotopic (exact) mass is 356 g/mol. The Bertz CT molecular complexity index is 778. The normalized spacial score (nSPS) is 28.0. The number of ether oxygens (including phenoxy) is 2. The van der Waals surface area contributed by atoms with E-state index < -0.39 is 0 Å². The first kappa shape index (κ1) is 17.0. The van der Waals surface area contributed by atoms with Crippen molar-refractivity contribution >= 4 is 5.91 Å². The Morgan fingerprint density at radius 3 is 2.92 bits per heavy atom. The Kier molecular flexibility index (Phi) is 4.40. The highest BCUT2D eigenvalue weighted by atomic mass is 16.5. The number of H-pyrrole nitrogens is 1. The fraction of sp³-hybridized carbons (Fsp3) is 0.526. The van der Waals surface area contributed by atoms with Crippen LogP contribution in [-0.2, 0) is 4.74 Å². The highest BCUT2D eigenvalue weighted by Crippen LogP contribution is 2.43. The number of hydrogen-bond donors (Lipinski definition) is 1. The van der Waals surface area contributed by atoms with Crippen LogP contribution in [0.5, 0.6) is 5.88 Å². The maximum Gasteiger partial charge on any atom is 0.272 e. The van der Waals surface area contributed by atoms with Crippen molar-refractivity contribution in [2.45, 2.75) is 50.4 Å². The van der Waals surface area contributed by atoms with Gasteiger partial charge in [0.1, 0.15) is 17.6 Å². The summed E-state index contributed by atoms with van der Waals surface area (Å²) in [5.41, 5.74) is 0.247. The lowest BCUT2D eigenvalue weighted by Gasteiger charge is -2.43. The molecule has 0 bridgehead atoms. The smallest absolute Gasteiger partial charge is 0.272 e. The molecular weight excluding hydrogens is 332 g/mol. The number of aromatic nitrogens is 3. The topological polar surface area (TPSA) is 80.3 Å². The van der Waals surface area contributed by atoms with Crippen molar-refractivity contribution in [3.05, 3.63) is 42.1 Å². The van der Waals surface area contributed by atoms with Crippen LogP contribution < -0.4 is 4.74 Å². The highest BCUT2D eigenvalue weighted by Gasteiger charge is 2.53. The number of aromatic amines is 1. The number of carbonyl (C=O) groups is 1. The van der Waals surface area contributed by atoms with Crippen LogP contribution in [0.15, 0.2) is 30.6 Å². The lowest BCUT2D eigenvalue weighted by Crippen LogP contribution is -2.53. The van der Waals surface area contributed by atoms with Crippen molar-refractivity contribution < 1.29 is 14.3 Å². The van der Waals surface area contributed by atoms with Gasteiger partial charge in [-0.15, -0.1) is 0 Å². The van der Waals surface area contributed by atoms with Crippen LogP contribution >= 0.6 is 0 Å². The standard InChI is InChI=1S/C19H24N4O3/c1-13-21-12-15(22-13)18(24)23-10-8-19(25-2)7-6-14(11-16(19)23)26-17-5-3-4-9-20-17/h3-5,9,12,14,16H,6-8,10-11H2,1-2H3,(H,21,22)/t14-,16-,19+/m0/s1. The van der Waals surface area contributed by atoms with Crippen LogP contribution in [0.25, 0.3) is 0 Å². The fourth-order valence-electron chi connectivity index (χ4n) is 4.28. The number of nitrogens with one attached hydrogen (secondary N) is 1. The van der Waals surface area contributed by atoms with Gasteiger partial charge in [0.05, 0.1) is 17.8 Å². The molecule has 7 heteroatoms. The lowest BCUT2D eigenvalue weighted by molar-refractivity contribution is -0.0788. The summed E-state index contributed by atoms with van der Waals surface area (Å²) in [6.45, 7) is 2.53. The van der Waals surface area contributed by atoms with Crippen LogP contribution in [0.4, 0.5) is 0 Å². The molecule has 1 amide bonds. The highest BCUT2D eigenvalue weighted by molar-refractivity contribution is 5.92. The summed E-state index contributed by atoms with van der Waals surface area (Å²) >= 11 is 0. The summed E-state index contributed by atoms with van der Waals surface area (Å²) in [7, 11) is 1.75.